The summed E-state index contributed by atoms with van der Waals surface area (Å²) in [5, 5.41) is 0.473. The molecule has 1 saturated heterocycles. The zero-order chi connectivity index (χ0) is 13.4. The topological polar surface area (TPSA) is 68.5 Å². The smallest absolute Gasteiger partial charge is 0.266 e. The number of nitrogens with two attached hydrogens (primary N) is 1. The number of aryl methyl sites for hydroxylation is 1. The molecule has 1 saturated carbocycles. The minimum absolute atomic E-state index is 0.0982. The number of carbonyl (C=O) groups excluding carboxylic acids is 1. The van der Waals surface area contributed by atoms with Crippen molar-refractivity contribution >= 4 is 22.4 Å². The van der Waals surface area contributed by atoms with E-state index in [1.807, 2.05) is 11.8 Å². The van der Waals surface area contributed by atoms with E-state index in [4.69, 9.17) is 10.5 Å². The molecular formula is C13H19N3O2S. The fraction of sp³-hybridized carbons (Fsp3) is 0.692. The maximum Gasteiger partial charge on any atom is 0.266 e. The normalized spacial score (nSPS) is 22.7. The second-order valence-corrected chi connectivity index (χ2v) is 6.42. The first-order chi connectivity index (χ1) is 9.15. The van der Waals surface area contributed by atoms with Gasteiger partial charge in [0.05, 0.1) is 12.3 Å². The Labute approximate surface area is 116 Å². The van der Waals surface area contributed by atoms with Gasteiger partial charge in [-0.1, -0.05) is 11.3 Å². The van der Waals surface area contributed by atoms with E-state index in [1.54, 1.807) is 0 Å². The van der Waals surface area contributed by atoms with Crippen LogP contribution in [0.1, 0.15) is 34.6 Å². The van der Waals surface area contributed by atoms with E-state index in [-0.39, 0.29) is 5.91 Å². The molecule has 3 rings (SSSR count). The number of ether oxygens (including phenoxy) is 1. The van der Waals surface area contributed by atoms with Crippen molar-refractivity contribution in [3.8, 4) is 0 Å². The number of amides is 1. The number of aromatic nitrogens is 1. The molecular weight excluding hydrogens is 262 g/mol. The number of anilines is 1. The number of nitrogens with zero attached hydrogens (tertiary/aromatic N) is 2. The molecule has 2 heterocycles. The molecule has 1 aliphatic carbocycles. The standard InChI is InChI=1S/C13H19N3O2S/c1-8-11(19-13(14)15-8)12(17)16(10-2-3-10)6-9-4-5-18-7-9/h9-10H,2-7H2,1H3,(H2,14,15). The van der Waals surface area contributed by atoms with Crippen LogP contribution < -0.4 is 5.73 Å². The molecule has 6 heteroatoms. The first-order valence-corrected chi connectivity index (χ1v) is 7.58. The van der Waals surface area contributed by atoms with E-state index >= 15 is 0 Å². The molecule has 2 N–H and O–H groups in total. The lowest BCUT2D eigenvalue weighted by Crippen LogP contribution is -2.37. The molecule has 1 aromatic heterocycles. The van der Waals surface area contributed by atoms with Crippen molar-refractivity contribution in [3.05, 3.63) is 10.6 Å². The first kappa shape index (κ1) is 12.9. The maximum atomic E-state index is 12.6. The van der Waals surface area contributed by atoms with Crippen LogP contribution in [0.5, 0.6) is 0 Å². The summed E-state index contributed by atoms with van der Waals surface area (Å²) in [6.45, 7) is 4.26. The van der Waals surface area contributed by atoms with Crippen LogP contribution in [0.15, 0.2) is 0 Å². The number of nitrogen functional groups attached to an aromatic ring is 1. The fourth-order valence-electron chi connectivity index (χ4n) is 2.54. The molecule has 0 bridgehead atoms. The quantitative estimate of drug-likeness (QED) is 0.911. The average molecular weight is 281 g/mol. The second-order valence-electron chi connectivity index (χ2n) is 5.38. The molecule has 1 aliphatic heterocycles. The molecule has 0 spiro atoms. The van der Waals surface area contributed by atoms with Gasteiger partial charge >= 0.3 is 0 Å². The summed E-state index contributed by atoms with van der Waals surface area (Å²) >= 11 is 1.30. The monoisotopic (exact) mass is 281 g/mol. The average Bonchev–Trinajstić information content (AvgIpc) is 2.97. The number of hydrogen-bond donors (Lipinski definition) is 1. The third-order valence-corrected chi connectivity index (χ3v) is 4.71. The van der Waals surface area contributed by atoms with Gasteiger partial charge in [0.15, 0.2) is 5.13 Å². The molecule has 5 nitrogen and oxygen atoms in total. The number of carbonyl (C=O) groups is 1. The zero-order valence-corrected chi connectivity index (χ0v) is 11.9. The fourth-order valence-corrected chi connectivity index (χ4v) is 3.33. The summed E-state index contributed by atoms with van der Waals surface area (Å²) in [6, 6.07) is 0.413. The van der Waals surface area contributed by atoms with Crippen LogP contribution in [0.2, 0.25) is 0 Å². The van der Waals surface area contributed by atoms with Gasteiger partial charge in [0.25, 0.3) is 5.91 Å². The molecule has 104 valence electrons. The second kappa shape index (κ2) is 5.09. The van der Waals surface area contributed by atoms with Crippen LogP contribution >= 0.6 is 11.3 Å². The van der Waals surface area contributed by atoms with Crippen LogP contribution in [0.25, 0.3) is 0 Å². The van der Waals surface area contributed by atoms with Gasteiger partial charge in [0, 0.05) is 25.1 Å². The molecule has 1 atom stereocenters. The van der Waals surface area contributed by atoms with Crippen molar-refractivity contribution in [1.82, 2.24) is 9.88 Å². The molecule has 1 unspecified atom stereocenters. The van der Waals surface area contributed by atoms with Crippen molar-refractivity contribution in [3.63, 3.8) is 0 Å². The van der Waals surface area contributed by atoms with E-state index in [0.29, 0.717) is 22.0 Å². The highest BCUT2D eigenvalue weighted by Gasteiger charge is 2.36. The number of thiazole rings is 1. The number of hydrogen-bond acceptors (Lipinski definition) is 5. The Kier molecular flexibility index (Phi) is 3.45. The molecule has 1 amide bonds. The van der Waals surface area contributed by atoms with Crippen molar-refractivity contribution in [2.24, 2.45) is 5.92 Å². The van der Waals surface area contributed by atoms with E-state index in [9.17, 15) is 4.79 Å². The predicted octanol–water partition coefficient (Wildman–Crippen LogP) is 1.67. The van der Waals surface area contributed by atoms with Gasteiger partial charge in [-0.05, 0) is 26.2 Å². The first-order valence-electron chi connectivity index (χ1n) is 6.76. The molecule has 2 aliphatic rings. The Morgan fingerprint density at radius 3 is 2.84 bits per heavy atom. The van der Waals surface area contributed by atoms with Crippen molar-refractivity contribution in [2.75, 3.05) is 25.5 Å². The van der Waals surface area contributed by atoms with E-state index in [0.717, 1.165) is 44.7 Å². The lowest BCUT2D eigenvalue weighted by atomic mass is 10.1. The Hall–Kier alpha value is -1.14. The Morgan fingerprint density at radius 2 is 2.32 bits per heavy atom. The van der Waals surface area contributed by atoms with Crippen molar-refractivity contribution in [1.29, 1.82) is 0 Å². The van der Waals surface area contributed by atoms with Crippen molar-refractivity contribution < 1.29 is 9.53 Å². The van der Waals surface area contributed by atoms with Gasteiger partial charge in [0.1, 0.15) is 4.88 Å². The Morgan fingerprint density at radius 1 is 1.53 bits per heavy atom. The molecule has 2 fully saturated rings. The van der Waals surface area contributed by atoms with Gasteiger partial charge in [-0.15, -0.1) is 0 Å². The zero-order valence-electron chi connectivity index (χ0n) is 11.1. The van der Waals surface area contributed by atoms with Crippen LogP contribution in [0.4, 0.5) is 5.13 Å². The summed E-state index contributed by atoms with van der Waals surface area (Å²) in [6.07, 6.45) is 3.29. The molecule has 19 heavy (non-hydrogen) atoms. The van der Waals surface area contributed by atoms with Gasteiger partial charge in [-0.25, -0.2) is 4.98 Å². The van der Waals surface area contributed by atoms with Crippen LogP contribution in [-0.2, 0) is 4.74 Å². The highest BCUT2D eigenvalue weighted by Crippen LogP contribution is 2.32. The lowest BCUT2D eigenvalue weighted by molar-refractivity contribution is 0.0710. The van der Waals surface area contributed by atoms with E-state index in [2.05, 4.69) is 4.98 Å². The summed E-state index contributed by atoms with van der Waals surface area (Å²) in [7, 11) is 0. The van der Waals surface area contributed by atoms with E-state index < -0.39 is 0 Å². The predicted molar refractivity (Wildman–Crippen MR) is 74.2 cm³/mol. The maximum absolute atomic E-state index is 12.6. The molecule has 0 aromatic carbocycles. The van der Waals surface area contributed by atoms with Gasteiger partial charge < -0.3 is 15.4 Å². The van der Waals surface area contributed by atoms with E-state index in [1.165, 1.54) is 11.3 Å². The van der Waals surface area contributed by atoms with Gasteiger partial charge in [0.2, 0.25) is 0 Å². The van der Waals surface area contributed by atoms with Crippen LogP contribution in [-0.4, -0.2) is 41.6 Å². The van der Waals surface area contributed by atoms with Gasteiger partial charge in [-0.2, -0.15) is 0 Å². The Balaban J connectivity index is 1.75. The number of rotatable bonds is 4. The highest BCUT2D eigenvalue weighted by atomic mass is 32.1. The third-order valence-electron chi connectivity index (χ3n) is 3.73. The largest absolute Gasteiger partial charge is 0.381 e. The molecule has 0 radical (unpaired) electrons. The summed E-state index contributed by atoms with van der Waals surface area (Å²) in [5.74, 6) is 0.580. The third kappa shape index (κ3) is 2.74. The highest BCUT2D eigenvalue weighted by molar-refractivity contribution is 7.17. The van der Waals surface area contributed by atoms with Crippen LogP contribution in [0, 0.1) is 12.8 Å². The molecule has 1 aromatic rings. The minimum Gasteiger partial charge on any atom is -0.381 e. The SMILES string of the molecule is Cc1nc(N)sc1C(=O)N(CC1CCOC1)C1CC1. The Bertz CT molecular complexity index is 478. The minimum atomic E-state index is 0.0982. The summed E-state index contributed by atoms with van der Waals surface area (Å²) < 4.78 is 5.40. The van der Waals surface area contributed by atoms with Gasteiger partial charge in [-0.3, -0.25) is 4.79 Å². The van der Waals surface area contributed by atoms with Crippen molar-refractivity contribution in [2.45, 2.75) is 32.2 Å². The lowest BCUT2D eigenvalue weighted by Gasteiger charge is -2.24. The summed E-state index contributed by atoms with van der Waals surface area (Å²) in [4.78, 5) is 19.5. The van der Waals surface area contributed by atoms with Crippen LogP contribution in [0.3, 0.4) is 0 Å². The summed E-state index contributed by atoms with van der Waals surface area (Å²) in [5.41, 5.74) is 6.44.